The molecule has 4 aromatic rings. The predicted molar refractivity (Wildman–Crippen MR) is 121 cm³/mol. The number of aromatic nitrogens is 1. The maximum Gasteiger partial charge on any atom is 0.221 e. The van der Waals surface area contributed by atoms with Gasteiger partial charge in [0.05, 0.1) is 10.7 Å². The summed E-state index contributed by atoms with van der Waals surface area (Å²) >= 11 is 6.32. The molecule has 30 heavy (non-hydrogen) atoms. The normalized spacial score (nSPS) is 11.8. The molecule has 3 N–H and O–H groups in total. The molecule has 0 saturated heterocycles. The Bertz CT molecular complexity index is 1220. The summed E-state index contributed by atoms with van der Waals surface area (Å²) in [7, 11) is 0. The fraction of sp³-hybridized carbons (Fsp3) is 0.0833. The van der Waals surface area contributed by atoms with Crippen molar-refractivity contribution in [2.24, 2.45) is 0 Å². The molecule has 3 aromatic carbocycles. The van der Waals surface area contributed by atoms with Gasteiger partial charge in [-0.05, 0) is 29.8 Å². The first kappa shape index (κ1) is 19.7. The van der Waals surface area contributed by atoms with Crippen molar-refractivity contribution in [3.8, 4) is 0 Å². The van der Waals surface area contributed by atoms with E-state index in [0.717, 1.165) is 16.5 Å². The van der Waals surface area contributed by atoms with Crippen molar-refractivity contribution in [1.82, 2.24) is 4.98 Å². The van der Waals surface area contributed by atoms with E-state index in [1.807, 2.05) is 54.6 Å². The molecule has 1 unspecified atom stereocenters. The van der Waals surface area contributed by atoms with Gasteiger partial charge < -0.3 is 15.6 Å². The van der Waals surface area contributed by atoms with Crippen molar-refractivity contribution in [1.29, 1.82) is 0 Å². The topological polar surface area (TPSA) is 74.0 Å². The van der Waals surface area contributed by atoms with Crippen LogP contribution in [0.15, 0.2) is 79.0 Å². The highest BCUT2D eigenvalue weighted by Crippen LogP contribution is 2.31. The molecule has 6 heteroatoms. The third-order valence-corrected chi connectivity index (χ3v) is 5.15. The molecule has 1 atom stereocenters. The van der Waals surface area contributed by atoms with Gasteiger partial charge in [-0.15, -0.1) is 0 Å². The van der Waals surface area contributed by atoms with Gasteiger partial charge in [-0.1, -0.05) is 60.1 Å². The molecule has 0 saturated carbocycles. The molecule has 1 amide bonds. The minimum Gasteiger partial charge on any atom is -0.371 e. The van der Waals surface area contributed by atoms with Gasteiger partial charge in [0, 0.05) is 35.3 Å². The number of carbonyl (C=O) groups is 2. The molecule has 0 fully saturated rings. The second-order valence-corrected chi connectivity index (χ2v) is 7.38. The number of amides is 1. The van der Waals surface area contributed by atoms with E-state index in [-0.39, 0.29) is 11.7 Å². The van der Waals surface area contributed by atoms with Crippen LogP contribution in [0.2, 0.25) is 5.02 Å². The Hall–Kier alpha value is -3.57. The Morgan fingerprint density at radius 1 is 0.967 bits per heavy atom. The smallest absolute Gasteiger partial charge is 0.221 e. The van der Waals surface area contributed by atoms with Crippen LogP contribution in [0.25, 0.3) is 10.9 Å². The summed E-state index contributed by atoms with van der Waals surface area (Å²) in [6.45, 7) is 1.42. The number of benzene rings is 3. The van der Waals surface area contributed by atoms with E-state index in [1.165, 1.54) is 6.92 Å². The summed E-state index contributed by atoms with van der Waals surface area (Å²) < 4.78 is 0. The van der Waals surface area contributed by atoms with Crippen molar-refractivity contribution in [2.75, 3.05) is 10.6 Å². The Kier molecular flexibility index (Phi) is 5.55. The zero-order chi connectivity index (χ0) is 21.1. The minimum atomic E-state index is -0.604. The summed E-state index contributed by atoms with van der Waals surface area (Å²) in [5.74, 6) is -0.255. The van der Waals surface area contributed by atoms with E-state index in [9.17, 15) is 9.59 Å². The van der Waals surface area contributed by atoms with Gasteiger partial charge in [0.15, 0.2) is 5.78 Å². The van der Waals surface area contributed by atoms with E-state index < -0.39 is 6.04 Å². The highest BCUT2D eigenvalue weighted by Gasteiger charge is 2.24. The van der Waals surface area contributed by atoms with Crippen LogP contribution in [0, 0.1) is 0 Å². The number of Topliss-reactive ketones (excluding diaryl/α,β-unsaturated/α-hetero) is 1. The number of anilines is 2. The minimum absolute atomic E-state index is 0.0549. The van der Waals surface area contributed by atoms with Crippen molar-refractivity contribution in [3.05, 3.63) is 95.1 Å². The molecule has 0 aliphatic heterocycles. The van der Waals surface area contributed by atoms with Crippen LogP contribution in [-0.2, 0) is 4.79 Å². The first-order valence-corrected chi connectivity index (χ1v) is 9.89. The number of aromatic amines is 1. The third-order valence-electron chi connectivity index (χ3n) is 4.84. The summed E-state index contributed by atoms with van der Waals surface area (Å²) in [6.07, 6.45) is 1.75. The standard InChI is InChI=1S/C24H20ClN3O2/c1-15(29)27-22-12-11-17(13-20(22)25)28-23(16-7-3-2-4-8-16)24(30)19-14-26-21-10-6-5-9-18(19)21/h2-14,23,26,28H,1H3,(H,27,29). The summed E-state index contributed by atoms with van der Waals surface area (Å²) in [4.78, 5) is 28.0. The van der Waals surface area contributed by atoms with Crippen molar-refractivity contribution in [3.63, 3.8) is 0 Å². The molecule has 0 spiro atoms. The maximum absolute atomic E-state index is 13.5. The molecule has 0 radical (unpaired) electrons. The Morgan fingerprint density at radius 2 is 1.70 bits per heavy atom. The molecule has 0 aliphatic carbocycles. The fourth-order valence-electron chi connectivity index (χ4n) is 3.44. The predicted octanol–water partition coefficient (Wildman–Crippen LogP) is 5.82. The molecule has 5 nitrogen and oxygen atoms in total. The summed E-state index contributed by atoms with van der Waals surface area (Å²) in [5, 5.41) is 7.26. The van der Waals surface area contributed by atoms with Crippen molar-refractivity contribution < 1.29 is 9.59 Å². The Morgan fingerprint density at radius 3 is 2.43 bits per heavy atom. The number of halogens is 1. The molecule has 0 aliphatic rings. The number of para-hydroxylation sites is 1. The van der Waals surface area contributed by atoms with E-state index in [2.05, 4.69) is 15.6 Å². The number of hydrogen-bond donors (Lipinski definition) is 3. The van der Waals surface area contributed by atoms with E-state index in [0.29, 0.717) is 22.0 Å². The van der Waals surface area contributed by atoms with Crippen LogP contribution in [0.1, 0.15) is 28.9 Å². The van der Waals surface area contributed by atoms with Crippen LogP contribution in [0.5, 0.6) is 0 Å². The number of fused-ring (bicyclic) bond motifs is 1. The number of carbonyl (C=O) groups excluding carboxylic acids is 2. The Labute approximate surface area is 179 Å². The van der Waals surface area contributed by atoms with Gasteiger partial charge >= 0.3 is 0 Å². The first-order chi connectivity index (χ1) is 14.5. The number of rotatable bonds is 6. The molecule has 1 heterocycles. The summed E-state index contributed by atoms with van der Waals surface area (Å²) in [5.41, 5.74) is 3.57. The molecular formula is C24H20ClN3O2. The van der Waals surface area contributed by atoms with Gasteiger partial charge in [-0.3, -0.25) is 9.59 Å². The lowest BCUT2D eigenvalue weighted by Gasteiger charge is -2.20. The number of nitrogens with one attached hydrogen (secondary N) is 3. The second kappa shape index (κ2) is 8.43. The molecular weight excluding hydrogens is 398 g/mol. The average Bonchev–Trinajstić information content (AvgIpc) is 3.18. The maximum atomic E-state index is 13.5. The van der Waals surface area contributed by atoms with Crippen molar-refractivity contribution in [2.45, 2.75) is 13.0 Å². The van der Waals surface area contributed by atoms with Gasteiger partial charge in [-0.2, -0.15) is 0 Å². The monoisotopic (exact) mass is 417 g/mol. The van der Waals surface area contributed by atoms with Gasteiger partial charge in [0.25, 0.3) is 0 Å². The first-order valence-electron chi connectivity index (χ1n) is 9.52. The molecule has 0 bridgehead atoms. The SMILES string of the molecule is CC(=O)Nc1ccc(NC(C(=O)c2c[nH]c3ccccc23)c2ccccc2)cc1Cl. The van der Waals surface area contributed by atoms with Gasteiger partial charge in [0.2, 0.25) is 5.91 Å². The largest absolute Gasteiger partial charge is 0.371 e. The van der Waals surface area contributed by atoms with E-state index in [4.69, 9.17) is 11.6 Å². The van der Waals surface area contributed by atoms with Gasteiger partial charge in [0.1, 0.15) is 6.04 Å². The molecule has 150 valence electrons. The van der Waals surface area contributed by atoms with Crippen LogP contribution in [-0.4, -0.2) is 16.7 Å². The highest BCUT2D eigenvalue weighted by atomic mass is 35.5. The van der Waals surface area contributed by atoms with Gasteiger partial charge in [-0.25, -0.2) is 0 Å². The second-order valence-electron chi connectivity index (χ2n) is 6.98. The lowest BCUT2D eigenvalue weighted by atomic mass is 9.96. The highest BCUT2D eigenvalue weighted by molar-refractivity contribution is 6.34. The van der Waals surface area contributed by atoms with Crippen LogP contribution >= 0.6 is 11.6 Å². The third kappa shape index (κ3) is 4.07. The number of hydrogen-bond acceptors (Lipinski definition) is 3. The average molecular weight is 418 g/mol. The zero-order valence-electron chi connectivity index (χ0n) is 16.3. The van der Waals surface area contributed by atoms with E-state index >= 15 is 0 Å². The van der Waals surface area contributed by atoms with Crippen LogP contribution in [0.3, 0.4) is 0 Å². The van der Waals surface area contributed by atoms with Crippen LogP contribution < -0.4 is 10.6 Å². The molecule has 1 aromatic heterocycles. The summed E-state index contributed by atoms with van der Waals surface area (Å²) in [6, 6.07) is 21.9. The zero-order valence-corrected chi connectivity index (χ0v) is 17.0. The fourth-order valence-corrected chi connectivity index (χ4v) is 3.67. The number of H-pyrrole nitrogens is 1. The quantitative estimate of drug-likeness (QED) is 0.346. The molecule has 4 rings (SSSR count). The van der Waals surface area contributed by atoms with Crippen molar-refractivity contribution >= 4 is 45.6 Å². The lowest BCUT2D eigenvalue weighted by molar-refractivity contribution is -0.114. The number of ketones is 1. The van der Waals surface area contributed by atoms with Crippen LogP contribution in [0.4, 0.5) is 11.4 Å². The Balaban J connectivity index is 1.70. The lowest BCUT2D eigenvalue weighted by Crippen LogP contribution is -2.21. The van der Waals surface area contributed by atoms with E-state index in [1.54, 1.807) is 24.4 Å².